The molecule has 3 fully saturated rings. The molecule has 4 rings (SSSR count). The number of ketones is 2. The fourth-order valence-electron chi connectivity index (χ4n) is 6.86. The van der Waals surface area contributed by atoms with E-state index in [9.17, 15) is 19.8 Å². The van der Waals surface area contributed by atoms with E-state index in [0.29, 0.717) is 18.8 Å². The molecule has 3 saturated carbocycles. The van der Waals surface area contributed by atoms with Crippen LogP contribution in [0.5, 0.6) is 0 Å². The van der Waals surface area contributed by atoms with Gasteiger partial charge in [-0.1, -0.05) is 12.5 Å². The van der Waals surface area contributed by atoms with Crippen molar-refractivity contribution in [3.8, 4) is 0 Å². The van der Waals surface area contributed by atoms with Gasteiger partial charge in [0, 0.05) is 12.3 Å². The van der Waals surface area contributed by atoms with E-state index in [1.54, 1.807) is 0 Å². The Balaban J connectivity index is 1.66. The Kier molecular flexibility index (Phi) is 3.77. The maximum atomic E-state index is 12.2. The average molecular weight is 332 g/mol. The van der Waals surface area contributed by atoms with E-state index in [0.717, 1.165) is 38.5 Å². The van der Waals surface area contributed by atoms with Crippen molar-refractivity contribution in [3.05, 3.63) is 11.6 Å². The van der Waals surface area contributed by atoms with Crippen molar-refractivity contribution in [2.24, 2.45) is 29.1 Å². The normalized spacial score (nSPS) is 47.5. The quantitative estimate of drug-likeness (QED) is 0.814. The lowest BCUT2D eigenvalue weighted by Gasteiger charge is -2.58. The number of allylic oxidation sites excluding steroid dienone is 1. The Morgan fingerprint density at radius 1 is 1.21 bits per heavy atom. The second-order valence-corrected chi connectivity index (χ2v) is 8.78. The van der Waals surface area contributed by atoms with Crippen molar-refractivity contribution in [2.45, 2.75) is 63.9 Å². The molecular weight excluding hydrogens is 304 g/mol. The standard InChI is InChI=1S/C20H28O4/c1-19-8-7-15-14-3-2-13(22)10-12(14)6-9-20(15,24)18(19)5-4-16(19)17(23)11-21/h10,14-16,18,21,24H,2-9,11H2,1H3/t14-,15-,16+,18+,19-,20-/m1/s1. The molecule has 0 amide bonds. The van der Waals surface area contributed by atoms with E-state index in [1.807, 2.05) is 6.08 Å². The molecule has 0 aromatic heterocycles. The van der Waals surface area contributed by atoms with Crippen LogP contribution in [0.25, 0.3) is 0 Å². The second-order valence-electron chi connectivity index (χ2n) is 8.78. The summed E-state index contributed by atoms with van der Waals surface area (Å²) in [4.78, 5) is 24.0. The molecule has 0 aliphatic heterocycles. The largest absolute Gasteiger partial charge is 0.389 e. The van der Waals surface area contributed by atoms with Crippen LogP contribution in [0, 0.1) is 29.1 Å². The highest BCUT2D eigenvalue weighted by Crippen LogP contribution is 2.65. The zero-order valence-electron chi connectivity index (χ0n) is 14.5. The first kappa shape index (κ1) is 16.5. The third-order valence-corrected chi connectivity index (χ3v) is 7.94. The molecule has 0 radical (unpaired) electrons. The average Bonchev–Trinajstić information content (AvgIpc) is 2.92. The van der Waals surface area contributed by atoms with Gasteiger partial charge in [-0.3, -0.25) is 9.59 Å². The van der Waals surface area contributed by atoms with Gasteiger partial charge in [0.2, 0.25) is 0 Å². The van der Waals surface area contributed by atoms with E-state index in [1.165, 1.54) is 5.57 Å². The zero-order valence-corrected chi connectivity index (χ0v) is 14.5. The number of aliphatic hydroxyl groups is 2. The molecule has 0 heterocycles. The Morgan fingerprint density at radius 3 is 2.75 bits per heavy atom. The molecule has 132 valence electrons. The van der Waals surface area contributed by atoms with Crippen molar-refractivity contribution in [3.63, 3.8) is 0 Å². The number of hydrogen-bond acceptors (Lipinski definition) is 4. The zero-order chi connectivity index (χ0) is 17.1. The highest BCUT2D eigenvalue weighted by Gasteiger charge is 2.63. The van der Waals surface area contributed by atoms with Gasteiger partial charge >= 0.3 is 0 Å². The number of carbonyl (C=O) groups is 2. The molecule has 4 heteroatoms. The molecule has 4 aliphatic rings. The number of rotatable bonds is 2. The molecule has 24 heavy (non-hydrogen) atoms. The van der Waals surface area contributed by atoms with Crippen molar-refractivity contribution < 1.29 is 19.8 Å². The van der Waals surface area contributed by atoms with Gasteiger partial charge in [-0.25, -0.2) is 0 Å². The van der Waals surface area contributed by atoms with Crippen molar-refractivity contribution >= 4 is 11.6 Å². The maximum absolute atomic E-state index is 12.2. The van der Waals surface area contributed by atoms with Crippen molar-refractivity contribution in [2.75, 3.05) is 6.61 Å². The second kappa shape index (κ2) is 5.50. The molecule has 0 spiro atoms. The third kappa shape index (κ3) is 2.12. The third-order valence-electron chi connectivity index (χ3n) is 7.94. The fourth-order valence-corrected chi connectivity index (χ4v) is 6.86. The van der Waals surface area contributed by atoms with Crippen LogP contribution in [0.1, 0.15) is 58.3 Å². The van der Waals surface area contributed by atoms with Crippen LogP contribution >= 0.6 is 0 Å². The van der Waals surface area contributed by atoms with Crippen LogP contribution in [0.4, 0.5) is 0 Å². The summed E-state index contributed by atoms with van der Waals surface area (Å²) >= 11 is 0. The monoisotopic (exact) mass is 332 g/mol. The van der Waals surface area contributed by atoms with E-state index in [2.05, 4.69) is 6.92 Å². The maximum Gasteiger partial charge on any atom is 0.161 e. The molecule has 4 aliphatic carbocycles. The molecule has 4 nitrogen and oxygen atoms in total. The van der Waals surface area contributed by atoms with Crippen LogP contribution < -0.4 is 0 Å². The predicted molar refractivity (Wildman–Crippen MR) is 89.1 cm³/mol. The first-order valence-corrected chi connectivity index (χ1v) is 9.49. The van der Waals surface area contributed by atoms with Gasteiger partial charge in [0.05, 0.1) is 5.60 Å². The summed E-state index contributed by atoms with van der Waals surface area (Å²) in [5.74, 6) is 0.791. The Bertz CT molecular complexity index is 609. The molecule has 6 atom stereocenters. The van der Waals surface area contributed by atoms with Gasteiger partial charge in [0.15, 0.2) is 11.6 Å². The Labute approximate surface area is 143 Å². The molecule has 0 aromatic carbocycles. The van der Waals surface area contributed by atoms with E-state index >= 15 is 0 Å². The highest BCUT2D eigenvalue weighted by molar-refractivity contribution is 5.91. The summed E-state index contributed by atoms with van der Waals surface area (Å²) in [5.41, 5.74) is 0.363. The first-order chi connectivity index (χ1) is 11.4. The molecule has 0 aromatic rings. The summed E-state index contributed by atoms with van der Waals surface area (Å²) in [6.45, 7) is 1.78. The first-order valence-electron chi connectivity index (χ1n) is 9.49. The molecule has 2 N–H and O–H groups in total. The van der Waals surface area contributed by atoms with Gasteiger partial charge in [-0.15, -0.1) is 0 Å². The van der Waals surface area contributed by atoms with Gasteiger partial charge < -0.3 is 10.2 Å². The fraction of sp³-hybridized carbons (Fsp3) is 0.800. The Morgan fingerprint density at radius 2 is 2.00 bits per heavy atom. The molecule has 0 unspecified atom stereocenters. The van der Waals surface area contributed by atoms with Crippen LogP contribution in [0.3, 0.4) is 0 Å². The van der Waals surface area contributed by atoms with Crippen LogP contribution in [0.15, 0.2) is 11.6 Å². The molecule has 0 saturated heterocycles. The molecule has 0 bridgehead atoms. The van der Waals surface area contributed by atoms with E-state index < -0.39 is 5.60 Å². The topological polar surface area (TPSA) is 74.6 Å². The van der Waals surface area contributed by atoms with Crippen molar-refractivity contribution in [1.82, 2.24) is 0 Å². The number of Topliss-reactive ketones (excluding diaryl/α,β-unsaturated/α-hetero) is 1. The van der Waals surface area contributed by atoms with Gasteiger partial charge in [-0.05, 0) is 74.2 Å². The van der Waals surface area contributed by atoms with Crippen LogP contribution in [0.2, 0.25) is 0 Å². The number of aliphatic hydroxyl groups excluding tert-OH is 1. The van der Waals surface area contributed by atoms with Crippen LogP contribution in [-0.4, -0.2) is 34.0 Å². The Hall–Kier alpha value is -1.00. The van der Waals surface area contributed by atoms with Gasteiger partial charge in [-0.2, -0.15) is 0 Å². The smallest absolute Gasteiger partial charge is 0.161 e. The lowest BCUT2D eigenvalue weighted by atomic mass is 9.49. The minimum atomic E-state index is -0.708. The summed E-state index contributed by atoms with van der Waals surface area (Å²) in [5, 5.41) is 21.0. The summed E-state index contributed by atoms with van der Waals surface area (Å²) in [7, 11) is 0. The van der Waals surface area contributed by atoms with Gasteiger partial charge in [0.1, 0.15) is 6.61 Å². The number of hydrogen-bond donors (Lipinski definition) is 2. The number of carbonyl (C=O) groups excluding carboxylic acids is 2. The van der Waals surface area contributed by atoms with E-state index in [-0.39, 0.29) is 41.3 Å². The summed E-state index contributed by atoms with van der Waals surface area (Å²) < 4.78 is 0. The molecular formula is C20H28O4. The SMILES string of the molecule is C[C@]12CC[C@@H]3[C@@H]4CCC(=O)C=C4CC[C@]3(O)[C@H]1CC[C@H]2C(=O)CO. The predicted octanol–water partition coefficient (Wildman–Crippen LogP) is 2.42. The highest BCUT2D eigenvalue weighted by atomic mass is 16.3. The summed E-state index contributed by atoms with van der Waals surface area (Å²) in [6.07, 6.45) is 8.39. The van der Waals surface area contributed by atoms with Crippen molar-refractivity contribution in [1.29, 1.82) is 0 Å². The lowest BCUT2D eigenvalue weighted by Crippen LogP contribution is -2.59. The van der Waals surface area contributed by atoms with E-state index in [4.69, 9.17) is 0 Å². The minimum Gasteiger partial charge on any atom is -0.389 e. The minimum absolute atomic E-state index is 0.0540. The van der Waals surface area contributed by atoms with Crippen LogP contribution in [-0.2, 0) is 9.59 Å². The summed E-state index contributed by atoms with van der Waals surface area (Å²) in [6, 6.07) is 0. The number of fused-ring (bicyclic) bond motifs is 5. The lowest BCUT2D eigenvalue weighted by molar-refractivity contribution is -0.173. The van der Waals surface area contributed by atoms with Gasteiger partial charge in [0.25, 0.3) is 0 Å².